The van der Waals surface area contributed by atoms with E-state index in [9.17, 15) is 9.18 Å². The average molecular weight is 253 g/mol. The molecule has 0 amide bonds. The molecule has 3 nitrogen and oxygen atoms in total. The van der Waals surface area contributed by atoms with Crippen molar-refractivity contribution >= 4 is 11.7 Å². The number of esters is 1. The van der Waals surface area contributed by atoms with Crippen molar-refractivity contribution in [1.82, 2.24) is 0 Å². The highest BCUT2D eigenvalue weighted by molar-refractivity contribution is 5.95. The van der Waals surface area contributed by atoms with E-state index < -0.39 is 11.8 Å². The number of rotatable bonds is 4. The van der Waals surface area contributed by atoms with Crippen molar-refractivity contribution in [2.75, 3.05) is 12.3 Å². The van der Waals surface area contributed by atoms with Crippen molar-refractivity contribution in [3.05, 3.63) is 29.6 Å². The third-order valence-electron chi connectivity index (χ3n) is 2.54. The largest absolute Gasteiger partial charge is 0.462 e. The van der Waals surface area contributed by atoms with E-state index in [1.807, 2.05) is 0 Å². The lowest BCUT2D eigenvalue weighted by Crippen LogP contribution is -2.12. The number of hydrogen-bond donors (Lipinski definition) is 1. The first kappa shape index (κ1) is 14.5. The number of nitrogens with two attached hydrogens (primary N) is 1. The van der Waals surface area contributed by atoms with Crippen LogP contribution >= 0.6 is 0 Å². The SMILES string of the molecule is CC(C)(C)CCCOC(=O)c1cc(F)ccc1N. The normalized spacial score (nSPS) is 11.3. The Bertz CT molecular complexity index is 424. The molecule has 0 unspecified atom stereocenters. The Morgan fingerprint density at radius 3 is 2.67 bits per heavy atom. The second-order valence-corrected chi connectivity index (χ2v) is 5.53. The summed E-state index contributed by atoms with van der Waals surface area (Å²) in [6, 6.07) is 3.67. The number of carbonyl (C=O) groups excluding carboxylic acids is 1. The van der Waals surface area contributed by atoms with Crippen LogP contribution in [0.5, 0.6) is 0 Å². The lowest BCUT2D eigenvalue weighted by Gasteiger charge is -2.17. The summed E-state index contributed by atoms with van der Waals surface area (Å²) in [6.07, 6.45) is 1.74. The number of benzene rings is 1. The van der Waals surface area contributed by atoms with Gasteiger partial charge in [-0.05, 0) is 36.5 Å². The van der Waals surface area contributed by atoms with Gasteiger partial charge in [0.15, 0.2) is 0 Å². The third kappa shape index (κ3) is 4.73. The van der Waals surface area contributed by atoms with E-state index in [0.717, 1.165) is 18.9 Å². The monoisotopic (exact) mass is 253 g/mol. The van der Waals surface area contributed by atoms with Crippen LogP contribution in [0, 0.1) is 11.2 Å². The van der Waals surface area contributed by atoms with Crippen molar-refractivity contribution in [3.8, 4) is 0 Å². The van der Waals surface area contributed by atoms with Crippen LogP contribution in [0.3, 0.4) is 0 Å². The summed E-state index contributed by atoms with van der Waals surface area (Å²) in [6.45, 7) is 6.70. The van der Waals surface area contributed by atoms with Gasteiger partial charge in [-0.2, -0.15) is 0 Å². The maximum Gasteiger partial charge on any atom is 0.340 e. The molecule has 100 valence electrons. The summed E-state index contributed by atoms with van der Waals surface area (Å²) in [4.78, 5) is 11.7. The molecular formula is C14H20FNO2. The quantitative estimate of drug-likeness (QED) is 0.508. The smallest absolute Gasteiger partial charge is 0.340 e. The molecule has 2 N–H and O–H groups in total. The molecule has 0 fully saturated rings. The minimum Gasteiger partial charge on any atom is -0.462 e. The highest BCUT2D eigenvalue weighted by Gasteiger charge is 2.13. The maximum atomic E-state index is 13.0. The van der Waals surface area contributed by atoms with Gasteiger partial charge in [0.25, 0.3) is 0 Å². The molecule has 0 saturated heterocycles. The molecule has 1 aromatic rings. The summed E-state index contributed by atoms with van der Waals surface area (Å²) in [7, 11) is 0. The Balaban J connectivity index is 2.48. The lowest BCUT2D eigenvalue weighted by molar-refractivity contribution is 0.0488. The predicted octanol–water partition coefficient (Wildman–Crippen LogP) is 3.39. The van der Waals surface area contributed by atoms with Crippen LogP contribution in [0.2, 0.25) is 0 Å². The zero-order valence-corrected chi connectivity index (χ0v) is 11.1. The zero-order chi connectivity index (χ0) is 13.8. The highest BCUT2D eigenvalue weighted by Crippen LogP contribution is 2.20. The Labute approximate surface area is 107 Å². The molecule has 0 aliphatic rings. The second-order valence-electron chi connectivity index (χ2n) is 5.53. The van der Waals surface area contributed by atoms with Gasteiger partial charge in [0.2, 0.25) is 0 Å². The number of anilines is 1. The first-order valence-corrected chi connectivity index (χ1v) is 6.02. The predicted molar refractivity (Wildman–Crippen MR) is 69.8 cm³/mol. The fraction of sp³-hybridized carbons (Fsp3) is 0.500. The number of hydrogen-bond acceptors (Lipinski definition) is 3. The van der Waals surface area contributed by atoms with Crippen molar-refractivity contribution in [3.63, 3.8) is 0 Å². The summed E-state index contributed by atoms with van der Waals surface area (Å²) in [5, 5.41) is 0. The molecule has 0 aliphatic heterocycles. The van der Waals surface area contributed by atoms with E-state index in [2.05, 4.69) is 20.8 Å². The van der Waals surface area contributed by atoms with E-state index in [1.54, 1.807) is 0 Å². The maximum absolute atomic E-state index is 13.0. The Kier molecular flexibility index (Phi) is 4.70. The zero-order valence-electron chi connectivity index (χ0n) is 11.1. The molecule has 0 bridgehead atoms. The van der Waals surface area contributed by atoms with Gasteiger partial charge in [-0.25, -0.2) is 9.18 Å². The van der Waals surface area contributed by atoms with Crippen LogP contribution in [-0.2, 0) is 4.74 Å². The first-order chi connectivity index (χ1) is 8.29. The van der Waals surface area contributed by atoms with Gasteiger partial charge in [-0.1, -0.05) is 20.8 Å². The number of carbonyl (C=O) groups is 1. The van der Waals surface area contributed by atoms with Gasteiger partial charge in [-0.3, -0.25) is 0 Å². The number of ether oxygens (including phenoxy) is 1. The minimum absolute atomic E-state index is 0.0887. The molecule has 0 saturated carbocycles. The highest BCUT2D eigenvalue weighted by atomic mass is 19.1. The average Bonchev–Trinajstić information content (AvgIpc) is 2.26. The molecule has 0 spiro atoms. The van der Waals surface area contributed by atoms with E-state index >= 15 is 0 Å². The summed E-state index contributed by atoms with van der Waals surface area (Å²) in [5.41, 5.74) is 6.13. The molecule has 0 radical (unpaired) electrons. The topological polar surface area (TPSA) is 52.3 Å². The Hall–Kier alpha value is -1.58. The molecule has 0 aliphatic carbocycles. The van der Waals surface area contributed by atoms with Crippen LogP contribution in [0.4, 0.5) is 10.1 Å². The Morgan fingerprint density at radius 2 is 2.06 bits per heavy atom. The molecule has 0 atom stereocenters. The van der Waals surface area contributed by atoms with E-state index in [4.69, 9.17) is 10.5 Å². The number of nitrogen functional groups attached to an aromatic ring is 1. The van der Waals surface area contributed by atoms with Gasteiger partial charge in [0.05, 0.1) is 12.2 Å². The first-order valence-electron chi connectivity index (χ1n) is 6.02. The fourth-order valence-electron chi connectivity index (χ4n) is 1.55. The van der Waals surface area contributed by atoms with Gasteiger partial charge < -0.3 is 10.5 Å². The van der Waals surface area contributed by atoms with Crippen molar-refractivity contribution in [2.24, 2.45) is 5.41 Å². The third-order valence-corrected chi connectivity index (χ3v) is 2.54. The molecule has 1 aromatic carbocycles. The van der Waals surface area contributed by atoms with Crippen LogP contribution < -0.4 is 5.73 Å². The van der Waals surface area contributed by atoms with E-state index in [-0.39, 0.29) is 16.7 Å². The second kappa shape index (κ2) is 5.85. The summed E-state index contributed by atoms with van der Waals surface area (Å²) >= 11 is 0. The van der Waals surface area contributed by atoms with Crippen LogP contribution in [-0.4, -0.2) is 12.6 Å². The molecule has 18 heavy (non-hydrogen) atoms. The number of halogens is 1. The molecule has 0 heterocycles. The van der Waals surface area contributed by atoms with Crippen molar-refractivity contribution in [2.45, 2.75) is 33.6 Å². The van der Waals surface area contributed by atoms with E-state index in [0.29, 0.717) is 6.61 Å². The molecule has 0 aromatic heterocycles. The lowest BCUT2D eigenvalue weighted by atomic mass is 9.91. The van der Waals surface area contributed by atoms with Gasteiger partial charge in [-0.15, -0.1) is 0 Å². The van der Waals surface area contributed by atoms with Crippen LogP contribution in [0.15, 0.2) is 18.2 Å². The van der Waals surface area contributed by atoms with Gasteiger partial charge >= 0.3 is 5.97 Å². The summed E-state index contributed by atoms with van der Waals surface area (Å²) in [5.74, 6) is -1.06. The standard InChI is InChI=1S/C14H20FNO2/c1-14(2,3)7-4-8-18-13(17)11-9-10(15)5-6-12(11)16/h5-6,9H,4,7-8,16H2,1-3H3. The Morgan fingerprint density at radius 1 is 1.39 bits per heavy atom. The van der Waals surface area contributed by atoms with Crippen LogP contribution in [0.1, 0.15) is 44.0 Å². The molecule has 1 rings (SSSR count). The summed E-state index contributed by atoms with van der Waals surface area (Å²) < 4.78 is 18.1. The van der Waals surface area contributed by atoms with E-state index in [1.165, 1.54) is 12.1 Å². The van der Waals surface area contributed by atoms with Crippen LogP contribution in [0.25, 0.3) is 0 Å². The van der Waals surface area contributed by atoms with Gasteiger partial charge in [0.1, 0.15) is 5.82 Å². The molecular weight excluding hydrogens is 233 g/mol. The van der Waals surface area contributed by atoms with Crippen molar-refractivity contribution in [1.29, 1.82) is 0 Å². The minimum atomic E-state index is -0.569. The van der Waals surface area contributed by atoms with Crippen molar-refractivity contribution < 1.29 is 13.9 Å². The van der Waals surface area contributed by atoms with Gasteiger partial charge in [0, 0.05) is 5.69 Å². The molecule has 4 heteroatoms. The fourth-order valence-corrected chi connectivity index (χ4v) is 1.55.